The van der Waals surface area contributed by atoms with Gasteiger partial charge in [0.1, 0.15) is 5.75 Å². The van der Waals surface area contributed by atoms with Gasteiger partial charge in [-0.05, 0) is 29.2 Å². The second-order valence-electron chi connectivity index (χ2n) is 6.75. The third-order valence-electron chi connectivity index (χ3n) is 3.99. The number of aromatic hydroxyl groups is 1. The van der Waals surface area contributed by atoms with Crippen molar-refractivity contribution in [2.75, 3.05) is 0 Å². The molecule has 1 N–H and O–H groups in total. The van der Waals surface area contributed by atoms with Crippen LogP contribution in [0.4, 0.5) is 0 Å². The van der Waals surface area contributed by atoms with Crippen molar-refractivity contribution in [3.63, 3.8) is 0 Å². The van der Waals surface area contributed by atoms with Gasteiger partial charge in [0.15, 0.2) is 0 Å². The van der Waals surface area contributed by atoms with Crippen molar-refractivity contribution in [3.05, 3.63) is 51.6 Å². The van der Waals surface area contributed by atoms with Crippen LogP contribution in [0.2, 0.25) is 5.02 Å². The van der Waals surface area contributed by atoms with Crippen molar-refractivity contribution in [1.29, 1.82) is 0 Å². The largest absolute Gasteiger partial charge is 1.00 e. The van der Waals surface area contributed by atoms with Gasteiger partial charge in [-0.25, -0.2) is 5.57 Å². The van der Waals surface area contributed by atoms with Crippen LogP contribution < -0.4 is 24.8 Å². The van der Waals surface area contributed by atoms with E-state index in [0.29, 0.717) is 10.9 Å². The van der Waals surface area contributed by atoms with Crippen molar-refractivity contribution in [1.82, 2.24) is 0 Å². The molecule has 1 nitrogen and oxygen atoms in total. The molecule has 1 unspecified atom stereocenters. The van der Waals surface area contributed by atoms with Gasteiger partial charge in [-0.3, -0.25) is 6.08 Å². The Hall–Kier alpha value is 0.0843. The van der Waals surface area contributed by atoms with Gasteiger partial charge in [0.25, 0.3) is 0 Å². The topological polar surface area (TPSA) is 20.2 Å². The minimum absolute atomic E-state index is 0. The average molecular weight is 425 g/mol. The number of phenolic OH excluding ortho intramolecular Hbond substituents is 1. The molecule has 1 atom stereocenters. The molecular formula is C19H26Cl3OTi-3. The van der Waals surface area contributed by atoms with E-state index >= 15 is 0 Å². The molecule has 0 fully saturated rings. The maximum absolute atomic E-state index is 9.27. The minimum atomic E-state index is 0. The van der Waals surface area contributed by atoms with E-state index in [1.165, 1.54) is 22.8 Å². The van der Waals surface area contributed by atoms with Crippen LogP contribution in [0.5, 0.6) is 5.75 Å². The number of phenols is 1. The van der Waals surface area contributed by atoms with E-state index in [-0.39, 0.29) is 57.7 Å². The molecule has 5 heteroatoms. The SMILES string of the molecule is CC(C)(C)c1cc(O)cc(Cl)c1.CC1=[C-]C(C)C(C)=C1C.[Cl-].[Cl-].[Ti]. The maximum atomic E-state index is 9.27. The summed E-state index contributed by atoms with van der Waals surface area (Å²) in [4.78, 5) is 0. The summed E-state index contributed by atoms with van der Waals surface area (Å²) in [5.74, 6) is 0.789. The Kier molecular flexibility index (Phi) is 14.0. The van der Waals surface area contributed by atoms with Crippen LogP contribution in [0, 0.1) is 12.0 Å². The first-order valence-corrected chi connectivity index (χ1v) is 7.68. The fourth-order valence-electron chi connectivity index (χ4n) is 2.17. The first-order valence-electron chi connectivity index (χ1n) is 7.30. The van der Waals surface area contributed by atoms with E-state index in [4.69, 9.17) is 11.6 Å². The van der Waals surface area contributed by atoms with Gasteiger partial charge < -0.3 is 29.9 Å². The van der Waals surface area contributed by atoms with Crippen molar-refractivity contribution in [2.24, 2.45) is 5.92 Å². The Balaban J connectivity index is -0.000000336. The van der Waals surface area contributed by atoms with Crippen LogP contribution in [-0.2, 0) is 27.1 Å². The van der Waals surface area contributed by atoms with Crippen molar-refractivity contribution >= 4 is 11.6 Å². The van der Waals surface area contributed by atoms with Crippen LogP contribution in [0.1, 0.15) is 54.0 Å². The molecule has 1 aliphatic rings. The fraction of sp³-hybridized carbons (Fsp3) is 0.474. The maximum Gasteiger partial charge on any atom is 0.117 e. The van der Waals surface area contributed by atoms with Gasteiger partial charge in [0.05, 0.1) is 0 Å². The van der Waals surface area contributed by atoms with Crippen molar-refractivity contribution in [3.8, 4) is 5.75 Å². The molecule has 136 valence electrons. The van der Waals surface area contributed by atoms with Gasteiger partial charge in [0, 0.05) is 26.7 Å². The van der Waals surface area contributed by atoms with Crippen LogP contribution in [0.15, 0.2) is 34.9 Å². The zero-order valence-electron chi connectivity index (χ0n) is 15.4. The molecule has 0 bridgehead atoms. The Labute approximate surface area is 179 Å². The smallest absolute Gasteiger partial charge is 0.117 e. The van der Waals surface area contributed by atoms with Gasteiger partial charge in [-0.1, -0.05) is 59.1 Å². The summed E-state index contributed by atoms with van der Waals surface area (Å²) in [6.45, 7) is 14.9. The summed E-state index contributed by atoms with van der Waals surface area (Å²) in [6.07, 6.45) is 3.36. The molecular weight excluding hydrogens is 398 g/mol. The molecule has 1 aromatic carbocycles. The molecule has 1 aromatic rings. The van der Waals surface area contributed by atoms with Crippen LogP contribution in [0.3, 0.4) is 0 Å². The predicted molar refractivity (Wildman–Crippen MR) is 91.8 cm³/mol. The van der Waals surface area contributed by atoms with Crippen molar-refractivity contribution in [2.45, 2.75) is 53.9 Å². The predicted octanol–water partition coefficient (Wildman–Crippen LogP) is 0.0706. The fourth-order valence-corrected chi connectivity index (χ4v) is 2.40. The van der Waals surface area contributed by atoms with Gasteiger partial charge in [0.2, 0.25) is 0 Å². The normalized spacial score (nSPS) is 16.0. The quantitative estimate of drug-likeness (QED) is 0.462. The molecule has 2 rings (SSSR count). The van der Waals surface area contributed by atoms with Gasteiger partial charge in [-0.15, -0.1) is 6.92 Å². The number of hydrogen-bond donors (Lipinski definition) is 1. The van der Waals surface area contributed by atoms with Crippen LogP contribution >= 0.6 is 11.6 Å². The zero-order valence-corrected chi connectivity index (χ0v) is 19.2. The Morgan fingerprint density at radius 3 is 1.79 bits per heavy atom. The Morgan fingerprint density at radius 1 is 1.04 bits per heavy atom. The number of halogens is 3. The van der Waals surface area contributed by atoms with Crippen molar-refractivity contribution < 1.29 is 51.6 Å². The minimum Gasteiger partial charge on any atom is -1.00 e. The zero-order chi connectivity index (χ0) is 16.4. The molecule has 24 heavy (non-hydrogen) atoms. The van der Waals surface area contributed by atoms with Crippen LogP contribution in [-0.4, -0.2) is 5.11 Å². The third-order valence-corrected chi connectivity index (χ3v) is 4.20. The van der Waals surface area contributed by atoms with E-state index in [1.807, 2.05) is 6.07 Å². The molecule has 0 spiro atoms. The third kappa shape index (κ3) is 8.45. The van der Waals surface area contributed by atoms with E-state index < -0.39 is 0 Å². The molecule has 0 saturated heterocycles. The molecule has 0 aromatic heterocycles. The van der Waals surface area contributed by atoms with Gasteiger partial charge in [-0.2, -0.15) is 11.1 Å². The summed E-state index contributed by atoms with van der Waals surface area (Å²) in [7, 11) is 0. The summed E-state index contributed by atoms with van der Waals surface area (Å²) in [5.41, 5.74) is 5.32. The summed E-state index contributed by atoms with van der Waals surface area (Å²) >= 11 is 5.80. The number of hydrogen-bond acceptors (Lipinski definition) is 1. The first-order chi connectivity index (χ1) is 9.52. The van der Waals surface area contributed by atoms with E-state index in [9.17, 15) is 5.11 Å². The number of rotatable bonds is 0. The van der Waals surface area contributed by atoms with E-state index in [0.717, 1.165) is 5.56 Å². The molecule has 0 radical (unpaired) electrons. The Bertz CT molecular complexity index is 567. The molecule has 0 aliphatic heterocycles. The van der Waals surface area contributed by atoms with Gasteiger partial charge >= 0.3 is 0 Å². The Morgan fingerprint density at radius 2 is 1.54 bits per heavy atom. The molecule has 1 aliphatic carbocycles. The summed E-state index contributed by atoms with van der Waals surface area (Å²) in [6, 6.07) is 5.16. The standard InChI is InChI=1S/C10H13ClO.C9H13.2ClH.Ti/c1-10(2,3)7-4-8(11)6-9(12)5-7;1-6-5-7(2)9(4)8(6)3;;;/h4-6,12H,1-3H3;6H,1-4H3;2*1H;/q;-1;;;/p-2. The number of benzene rings is 1. The second-order valence-corrected chi connectivity index (χ2v) is 7.18. The number of allylic oxidation sites excluding steroid dienone is 4. The molecule has 0 heterocycles. The second kappa shape index (κ2) is 11.7. The summed E-state index contributed by atoms with van der Waals surface area (Å²) < 4.78 is 0. The molecule has 0 saturated carbocycles. The van der Waals surface area contributed by atoms with E-state index in [1.54, 1.807) is 6.07 Å². The van der Waals surface area contributed by atoms with Crippen LogP contribution in [0.25, 0.3) is 0 Å². The van der Waals surface area contributed by atoms with E-state index in [2.05, 4.69) is 54.5 Å². The first kappa shape index (κ1) is 28.9. The monoisotopic (exact) mass is 423 g/mol. The molecule has 0 amide bonds. The summed E-state index contributed by atoms with van der Waals surface area (Å²) in [5, 5.41) is 9.86. The average Bonchev–Trinajstić information content (AvgIpc) is 2.55.